The zero-order chi connectivity index (χ0) is 17.9. The maximum atomic E-state index is 13.3. The van der Waals surface area contributed by atoms with Crippen molar-refractivity contribution in [1.82, 2.24) is 4.90 Å². The summed E-state index contributed by atoms with van der Waals surface area (Å²) in [5, 5.41) is 0. The molecule has 4 heteroatoms. The summed E-state index contributed by atoms with van der Waals surface area (Å²) in [6.07, 6.45) is 5.04. The number of esters is 1. The molecule has 2 saturated heterocycles. The molecule has 1 aromatic rings. The van der Waals surface area contributed by atoms with Crippen molar-refractivity contribution in [3.8, 4) is 0 Å². The number of hydrogen-bond acceptors (Lipinski definition) is 4. The van der Waals surface area contributed by atoms with E-state index in [-0.39, 0.29) is 11.5 Å². The standard InChI is InChI=1S/C22H26N2O2/c1-3-12-24-14-16-13-21(20(25)26-4-2)22(24)11-10-17(22)18(16)19(23-21)15-8-6-5-7-9-15/h3,5-9,16-18H,1,4,10-14H2,2H3/t16-,17-,18-,21-,22-/m1/s1. The van der Waals surface area contributed by atoms with Gasteiger partial charge in [-0.2, -0.15) is 0 Å². The van der Waals surface area contributed by atoms with Crippen molar-refractivity contribution in [3.05, 3.63) is 48.6 Å². The van der Waals surface area contributed by atoms with Crippen molar-refractivity contribution in [2.45, 2.75) is 37.3 Å². The van der Waals surface area contributed by atoms with Crippen LogP contribution in [0, 0.1) is 17.8 Å². The van der Waals surface area contributed by atoms with Gasteiger partial charge in [0, 0.05) is 24.7 Å². The van der Waals surface area contributed by atoms with E-state index < -0.39 is 5.54 Å². The van der Waals surface area contributed by atoms with Crippen molar-refractivity contribution in [3.63, 3.8) is 0 Å². The van der Waals surface area contributed by atoms with E-state index in [1.54, 1.807) is 0 Å². The van der Waals surface area contributed by atoms with Crippen LogP contribution in [0.2, 0.25) is 0 Å². The molecule has 26 heavy (non-hydrogen) atoms. The minimum atomic E-state index is -0.738. The average Bonchev–Trinajstić information content (AvgIpc) is 2.63. The van der Waals surface area contributed by atoms with Crippen LogP contribution in [0.4, 0.5) is 0 Å². The van der Waals surface area contributed by atoms with Crippen molar-refractivity contribution in [2.24, 2.45) is 22.7 Å². The van der Waals surface area contributed by atoms with Gasteiger partial charge >= 0.3 is 5.97 Å². The van der Waals surface area contributed by atoms with Crippen molar-refractivity contribution < 1.29 is 9.53 Å². The van der Waals surface area contributed by atoms with Crippen molar-refractivity contribution in [1.29, 1.82) is 0 Å². The molecule has 7 rings (SSSR count). The van der Waals surface area contributed by atoms with E-state index in [1.807, 2.05) is 19.1 Å². The summed E-state index contributed by atoms with van der Waals surface area (Å²) in [6.45, 7) is 8.12. The molecule has 5 atom stereocenters. The van der Waals surface area contributed by atoms with Gasteiger partial charge in [-0.25, -0.2) is 4.79 Å². The van der Waals surface area contributed by atoms with E-state index in [0.29, 0.717) is 24.4 Å². The van der Waals surface area contributed by atoms with Gasteiger partial charge in [0.1, 0.15) is 0 Å². The van der Waals surface area contributed by atoms with E-state index >= 15 is 0 Å². The van der Waals surface area contributed by atoms with Crippen LogP contribution in [0.15, 0.2) is 48.0 Å². The quantitative estimate of drug-likeness (QED) is 0.605. The molecule has 0 radical (unpaired) electrons. The molecule has 0 aromatic heterocycles. The predicted octanol–water partition coefficient (Wildman–Crippen LogP) is 3.08. The van der Waals surface area contributed by atoms with Crippen LogP contribution in [0.5, 0.6) is 0 Å². The lowest BCUT2D eigenvalue weighted by Crippen LogP contribution is -2.86. The highest BCUT2D eigenvalue weighted by Gasteiger charge is 2.78. The molecule has 2 aliphatic carbocycles. The Labute approximate surface area is 154 Å². The van der Waals surface area contributed by atoms with Gasteiger partial charge < -0.3 is 4.74 Å². The highest BCUT2D eigenvalue weighted by molar-refractivity contribution is 6.07. The molecular weight excluding hydrogens is 324 g/mol. The second-order valence-corrected chi connectivity index (χ2v) is 8.20. The number of ether oxygens (including phenoxy) is 1. The summed E-state index contributed by atoms with van der Waals surface area (Å²) in [5.74, 6) is 1.34. The van der Waals surface area contributed by atoms with E-state index in [9.17, 15) is 4.79 Å². The number of piperidine rings is 2. The van der Waals surface area contributed by atoms with Crippen LogP contribution >= 0.6 is 0 Å². The van der Waals surface area contributed by atoms with E-state index in [1.165, 1.54) is 12.0 Å². The molecule has 4 fully saturated rings. The van der Waals surface area contributed by atoms with Crippen LogP contribution in [-0.2, 0) is 9.53 Å². The molecule has 4 nitrogen and oxygen atoms in total. The second kappa shape index (κ2) is 5.53. The molecule has 1 aromatic carbocycles. The summed E-state index contributed by atoms with van der Waals surface area (Å²) < 4.78 is 5.61. The first kappa shape index (κ1) is 16.2. The van der Waals surface area contributed by atoms with Crippen LogP contribution < -0.4 is 0 Å². The SMILES string of the molecule is C=CCN1C[C@H]2C[C@]3(C(=O)OCC)N=C(c4ccccc4)[C@H]2[C@H]2CC[C@]213. The summed E-state index contributed by atoms with van der Waals surface area (Å²) in [6, 6.07) is 10.4. The maximum absolute atomic E-state index is 13.3. The Morgan fingerprint density at radius 2 is 2.23 bits per heavy atom. The lowest BCUT2D eigenvalue weighted by atomic mass is 9.39. The Hall–Kier alpha value is -1.94. The Morgan fingerprint density at radius 3 is 2.88 bits per heavy atom. The lowest BCUT2D eigenvalue weighted by Gasteiger charge is -2.75. The van der Waals surface area contributed by atoms with Crippen LogP contribution in [0.1, 0.15) is 31.7 Å². The van der Waals surface area contributed by atoms with E-state index in [2.05, 4.69) is 35.7 Å². The van der Waals surface area contributed by atoms with E-state index in [0.717, 1.165) is 31.6 Å². The number of carbonyl (C=O) groups excluding carboxylic acids is 1. The number of aliphatic imine (C=N–C) groups is 1. The van der Waals surface area contributed by atoms with Gasteiger partial charge in [0.15, 0.2) is 5.54 Å². The number of fused-ring (bicyclic) bond motifs is 1. The van der Waals surface area contributed by atoms with Crippen LogP contribution in [-0.4, -0.2) is 47.4 Å². The Morgan fingerprint density at radius 1 is 1.42 bits per heavy atom. The number of nitrogens with zero attached hydrogens (tertiary/aromatic N) is 2. The molecule has 2 saturated carbocycles. The number of hydrogen-bond donors (Lipinski definition) is 0. The minimum absolute atomic E-state index is 0.116. The van der Waals surface area contributed by atoms with Crippen molar-refractivity contribution in [2.75, 3.05) is 19.7 Å². The summed E-state index contributed by atoms with van der Waals surface area (Å²) in [4.78, 5) is 21.0. The first-order chi connectivity index (χ1) is 12.7. The fourth-order valence-electron chi connectivity index (χ4n) is 6.52. The van der Waals surface area contributed by atoms with Crippen molar-refractivity contribution >= 4 is 11.7 Å². The topological polar surface area (TPSA) is 41.9 Å². The third kappa shape index (κ3) is 1.74. The first-order valence-corrected chi connectivity index (χ1v) is 9.86. The number of carbonyl (C=O) groups is 1. The van der Waals surface area contributed by atoms with E-state index in [4.69, 9.17) is 9.73 Å². The third-order valence-corrected chi connectivity index (χ3v) is 7.34. The fraction of sp³-hybridized carbons (Fsp3) is 0.545. The highest BCUT2D eigenvalue weighted by Crippen LogP contribution is 2.68. The second-order valence-electron chi connectivity index (χ2n) is 8.20. The number of rotatable bonds is 5. The largest absolute Gasteiger partial charge is 0.464 e. The zero-order valence-electron chi connectivity index (χ0n) is 15.4. The normalized spacial score (nSPS) is 39.7. The molecule has 4 bridgehead atoms. The average molecular weight is 350 g/mol. The summed E-state index contributed by atoms with van der Waals surface area (Å²) in [7, 11) is 0. The minimum Gasteiger partial charge on any atom is -0.464 e. The molecule has 136 valence electrons. The van der Waals surface area contributed by atoms with Gasteiger partial charge in [-0.15, -0.1) is 6.58 Å². The first-order valence-electron chi connectivity index (χ1n) is 9.86. The van der Waals surface area contributed by atoms with Crippen LogP contribution in [0.3, 0.4) is 0 Å². The van der Waals surface area contributed by atoms with Gasteiger partial charge in [-0.1, -0.05) is 36.4 Å². The monoisotopic (exact) mass is 350 g/mol. The highest BCUT2D eigenvalue weighted by atomic mass is 16.5. The van der Waals surface area contributed by atoms with Gasteiger partial charge in [0.2, 0.25) is 0 Å². The molecule has 4 heterocycles. The van der Waals surface area contributed by atoms with Crippen LogP contribution in [0.25, 0.3) is 0 Å². The van der Waals surface area contributed by atoms with Gasteiger partial charge in [-0.05, 0) is 43.6 Å². The van der Waals surface area contributed by atoms with Gasteiger partial charge in [0.05, 0.1) is 12.1 Å². The van der Waals surface area contributed by atoms with Gasteiger partial charge in [0.25, 0.3) is 0 Å². The summed E-state index contributed by atoms with van der Waals surface area (Å²) >= 11 is 0. The molecular formula is C22H26N2O2. The number of benzene rings is 1. The molecule has 0 N–H and O–H groups in total. The lowest BCUT2D eigenvalue weighted by molar-refractivity contribution is -0.221. The zero-order valence-corrected chi connectivity index (χ0v) is 15.4. The molecule has 0 amide bonds. The molecule has 1 spiro atoms. The third-order valence-electron chi connectivity index (χ3n) is 7.34. The molecule has 4 aliphatic heterocycles. The Balaban J connectivity index is 1.70. The van der Waals surface area contributed by atoms with Gasteiger partial charge in [-0.3, -0.25) is 9.89 Å². The fourth-order valence-corrected chi connectivity index (χ4v) is 6.52. The smallest absolute Gasteiger partial charge is 0.335 e. The Bertz CT molecular complexity index is 789. The molecule has 6 aliphatic rings. The maximum Gasteiger partial charge on any atom is 0.335 e. The predicted molar refractivity (Wildman–Crippen MR) is 101 cm³/mol. The Kier molecular flexibility index (Phi) is 3.45. The molecule has 0 unspecified atom stereocenters. The summed E-state index contributed by atoms with van der Waals surface area (Å²) in [5.41, 5.74) is 1.42.